The van der Waals surface area contributed by atoms with Gasteiger partial charge in [-0.2, -0.15) is 0 Å². The fourth-order valence-electron chi connectivity index (χ4n) is 2.69. The molecule has 0 N–H and O–H groups in total. The van der Waals surface area contributed by atoms with Crippen LogP contribution in [0.15, 0.2) is 24.4 Å². The first-order valence-electron chi connectivity index (χ1n) is 6.36. The number of hydrogen-bond donors (Lipinski definition) is 0. The van der Waals surface area contributed by atoms with E-state index < -0.39 is 0 Å². The van der Waals surface area contributed by atoms with Crippen molar-refractivity contribution in [1.29, 1.82) is 0 Å². The molecule has 0 spiro atoms. The quantitative estimate of drug-likeness (QED) is 0.685. The van der Waals surface area contributed by atoms with E-state index in [4.69, 9.17) is 11.6 Å². The van der Waals surface area contributed by atoms with E-state index in [1.165, 1.54) is 5.56 Å². The highest BCUT2D eigenvalue weighted by atomic mass is 35.5. The lowest BCUT2D eigenvalue weighted by molar-refractivity contribution is 0.634. The molecule has 0 amide bonds. The summed E-state index contributed by atoms with van der Waals surface area (Å²) in [6.07, 6.45) is 0.995. The van der Waals surface area contributed by atoms with Crippen LogP contribution in [0.2, 0.25) is 5.15 Å². The molecule has 1 unspecified atom stereocenters. The van der Waals surface area contributed by atoms with Crippen LogP contribution in [-0.4, -0.2) is 17.0 Å². The first kappa shape index (κ1) is 12.4. The number of halogens is 1. The summed E-state index contributed by atoms with van der Waals surface area (Å²) >= 11 is 6.23. The minimum atomic E-state index is 0.452. The van der Waals surface area contributed by atoms with Crippen LogP contribution in [0.3, 0.4) is 0 Å². The van der Waals surface area contributed by atoms with Crippen molar-refractivity contribution in [3.05, 3.63) is 40.9 Å². The van der Waals surface area contributed by atoms with Crippen molar-refractivity contribution >= 4 is 28.2 Å². The summed E-state index contributed by atoms with van der Waals surface area (Å²) in [6, 6.07) is 4.20. The van der Waals surface area contributed by atoms with Gasteiger partial charge in [0.05, 0.1) is 5.52 Å². The molecule has 3 nitrogen and oxygen atoms in total. The summed E-state index contributed by atoms with van der Waals surface area (Å²) in [5.74, 6) is 1.16. The van der Waals surface area contributed by atoms with Crippen LogP contribution in [0.5, 0.6) is 0 Å². The standard InChI is InChI=1S/C15H16ClN3/c1-8-5-11-6-13-12(15(16)18-10(3)17-13)7-14(11)19(4)9(8)2/h6-8H,2,5H2,1,3-4H3. The van der Waals surface area contributed by atoms with Gasteiger partial charge < -0.3 is 4.90 Å². The average molecular weight is 274 g/mol. The number of anilines is 1. The maximum absolute atomic E-state index is 6.23. The van der Waals surface area contributed by atoms with Gasteiger partial charge in [0.2, 0.25) is 0 Å². The molecular formula is C15H16ClN3. The highest BCUT2D eigenvalue weighted by Gasteiger charge is 2.24. The molecule has 2 heterocycles. The molecule has 19 heavy (non-hydrogen) atoms. The molecule has 98 valence electrons. The highest BCUT2D eigenvalue weighted by Crippen LogP contribution is 2.37. The summed E-state index contributed by atoms with van der Waals surface area (Å²) in [5, 5.41) is 1.42. The molecule has 1 aromatic heterocycles. The second-order valence-electron chi connectivity index (χ2n) is 5.22. The van der Waals surface area contributed by atoms with Crippen molar-refractivity contribution in [2.24, 2.45) is 5.92 Å². The van der Waals surface area contributed by atoms with Gasteiger partial charge in [-0.1, -0.05) is 25.1 Å². The van der Waals surface area contributed by atoms with E-state index >= 15 is 0 Å². The Balaban J connectivity index is 2.29. The van der Waals surface area contributed by atoms with Crippen molar-refractivity contribution in [3.63, 3.8) is 0 Å². The van der Waals surface area contributed by atoms with Crippen LogP contribution in [0.4, 0.5) is 5.69 Å². The normalized spacial score (nSPS) is 18.8. The number of nitrogens with zero attached hydrogens (tertiary/aromatic N) is 3. The second-order valence-corrected chi connectivity index (χ2v) is 5.57. The number of aromatic nitrogens is 2. The molecule has 0 aliphatic carbocycles. The maximum Gasteiger partial charge on any atom is 0.140 e. The van der Waals surface area contributed by atoms with E-state index in [0.717, 1.165) is 28.7 Å². The minimum absolute atomic E-state index is 0.452. The molecule has 3 rings (SSSR count). The predicted molar refractivity (Wildman–Crippen MR) is 79.7 cm³/mol. The van der Waals surface area contributed by atoms with E-state index in [9.17, 15) is 0 Å². The largest absolute Gasteiger partial charge is 0.348 e. The summed E-state index contributed by atoms with van der Waals surface area (Å²) in [5.41, 5.74) is 4.51. The van der Waals surface area contributed by atoms with Gasteiger partial charge in [-0.25, -0.2) is 9.97 Å². The molecule has 0 saturated heterocycles. The Morgan fingerprint density at radius 2 is 2.11 bits per heavy atom. The van der Waals surface area contributed by atoms with Gasteiger partial charge in [-0.15, -0.1) is 0 Å². The van der Waals surface area contributed by atoms with Crippen molar-refractivity contribution in [2.45, 2.75) is 20.3 Å². The molecule has 1 aliphatic heterocycles. The second kappa shape index (κ2) is 4.20. The lowest BCUT2D eigenvalue weighted by Gasteiger charge is -2.34. The third-order valence-electron chi connectivity index (χ3n) is 3.85. The Hall–Kier alpha value is -1.61. The summed E-state index contributed by atoms with van der Waals surface area (Å²) in [7, 11) is 2.05. The molecule has 1 atom stereocenters. The van der Waals surface area contributed by atoms with Gasteiger partial charge in [0.15, 0.2) is 0 Å². The average Bonchev–Trinajstić information content (AvgIpc) is 2.34. The summed E-state index contributed by atoms with van der Waals surface area (Å²) in [4.78, 5) is 10.8. The molecule has 1 aromatic carbocycles. The third-order valence-corrected chi connectivity index (χ3v) is 4.14. The van der Waals surface area contributed by atoms with E-state index in [1.807, 2.05) is 14.0 Å². The van der Waals surface area contributed by atoms with Crippen LogP contribution in [-0.2, 0) is 6.42 Å². The van der Waals surface area contributed by atoms with E-state index in [2.05, 4.69) is 40.5 Å². The van der Waals surface area contributed by atoms with Crippen LogP contribution in [0.1, 0.15) is 18.3 Å². The molecular weight excluding hydrogens is 258 g/mol. The first-order valence-corrected chi connectivity index (χ1v) is 6.74. The van der Waals surface area contributed by atoms with Crippen molar-refractivity contribution in [1.82, 2.24) is 9.97 Å². The molecule has 1 aliphatic rings. The molecule has 0 bridgehead atoms. The molecule has 0 fully saturated rings. The zero-order chi connectivity index (χ0) is 13.7. The van der Waals surface area contributed by atoms with Gasteiger partial charge in [0, 0.05) is 23.8 Å². The van der Waals surface area contributed by atoms with Crippen LogP contribution < -0.4 is 4.90 Å². The Labute approximate surface area is 117 Å². The van der Waals surface area contributed by atoms with Crippen molar-refractivity contribution < 1.29 is 0 Å². The molecule has 0 saturated carbocycles. The lowest BCUT2D eigenvalue weighted by atomic mass is 9.91. The monoisotopic (exact) mass is 273 g/mol. The van der Waals surface area contributed by atoms with E-state index in [1.54, 1.807) is 0 Å². The van der Waals surface area contributed by atoms with Crippen LogP contribution >= 0.6 is 11.6 Å². The number of allylic oxidation sites excluding steroid dienone is 1. The van der Waals surface area contributed by atoms with Gasteiger partial charge in [0.25, 0.3) is 0 Å². The fourth-order valence-corrected chi connectivity index (χ4v) is 2.96. The number of aryl methyl sites for hydroxylation is 1. The molecule has 0 radical (unpaired) electrons. The van der Waals surface area contributed by atoms with Gasteiger partial charge in [-0.3, -0.25) is 0 Å². The van der Waals surface area contributed by atoms with Crippen molar-refractivity contribution in [3.8, 4) is 0 Å². The Bertz CT molecular complexity index is 693. The lowest BCUT2D eigenvalue weighted by Crippen LogP contribution is -2.27. The Morgan fingerprint density at radius 3 is 2.84 bits per heavy atom. The van der Waals surface area contributed by atoms with Crippen LogP contribution in [0, 0.1) is 12.8 Å². The van der Waals surface area contributed by atoms with Crippen molar-refractivity contribution in [2.75, 3.05) is 11.9 Å². The third kappa shape index (κ3) is 1.89. The van der Waals surface area contributed by atoms with Gasteiger partial charge >= 0.3 is 0 Å². The number of rotatable bonds is 0. The number of benzene rings is 1. The fraction of sp³-hybridized carbons (Fsp3) is 0.333. The summed E-state index contributed by atoms with van der Waals surface area (Å²) < 4.78 is 0. The van der Waals surface area contributed by atoms with Gasteiger partial charge in [-0.05, 0) is 37.0 Å². The Morgan fingerprint density at radius 1 is 1.37 bits per heavy atom. The highest BCUT2D eigenvalue weighted by molar-refractivity contribution is 6.34. The summed E-state index contributed by atoms with van der Waals surface area (Å²) in [6.45, 7) is 8.21. The van der Waals surface area contributed by atoms with Gasteiger partial charge in [0.1, 0.15) is 11.0 Å². The predicted octanol–water partition coefficient (Wildman–Crippen LogP) is 3.73. The number of hydrogen-bond acceptors (Lipinski definition) is 3. The minimum Gasteiger partial charge on any atom is -0.348 e. The molecule has 4 heteroatoms. The topological polar surface area (TPSA) is 29.0 Å². The smallest absolute Gasteiger partial charge is 0.140 e. The number of fused-ring (bicyclic) bond motifs is 2. The zero-order valence-corrected chi connectivity index (χ0v) is 12.1. The first-order chi connectivity index (χ1) is 8.97. The SMILES string of the molecule is C=C1C(C)Cc2cc3nc(C)nc(Cl)c3cc2N1C. The van der Waals surface area contributed by atoms with Crippen LogP contribution in [0.25, 0.3) is 10.9 Å². The van der Waals surface area contributed by atoms with E-state index in [0.29, 0.717) is 16.9 Å². The Kier molecular flexibility index (Phi) is 2.75. The zero-order valence-electron chi connectivity index (χ0n) is 11.4. The van der Waals surface area contributed by atoms with E-state index in [-0.39, 0.29) is 0 Å². The molecule has 2 aromatic rings. The maximum atomic E-state index is 6.23.